The molecule has 1 atom stereocenters. The second-order valence-corrected chi connectivity index (χ2v) is 6.36. The fourth-order valence-corrected chi connectivity index (χ4v) is 2.40. The largest absolute Gasteiger partial charge is 0.488 e. The third kappa shape index (κ3) is 4.51. The van der Waals surface area contributed by atoms with Crippen LogP contribution in [-0.4, -0.2) is 36.7 Å². The lowest BCUT2D eigenvalue weighted by Crippen LogP contribution is -2.45. The van der Waals surface area contributed by atoms with Gasteiger partial charge in [-0.2, -0.15) is 0 Å². The SMILES string of the molecule is CC(OC(=O)C1=Cc2cc(Cl)ccc2OC1)C(=O)NC(=O)NC1CC1. The molecule has 1 unspecified atom stereocenters. The molecule has 2 N–H and O–H groups in total. The number of hydrogen-bond acceptors (Lipinski definition) is 5. The summed E-state index contributed by atoms with van der Waals surface area (Å²) in [7, 11) is 0. The lowest BCUT2D eigenvalue weighted by molar-refractivity contribution is -0.151. The van der Waals surface area contributed by atoms with E-state index in [9.17, 15) is 14.4 Å². The number of halogens is 1. The smallest absolute Gasteiger partial charge is 0.338 e. The molecule has 0 spiro atoms. The molecule has 7 nitrogen and oxygen atoms in total. The Hall–Kier alpha value is -2.54. The zero-order valence-electron chi connectivity index (χ0n) is 13.5. The standard InChI is InChI=1S/C17H17ClN2O5/c1-9(15(21)20-17(23)19-13-3-4-13)25-16(22)11-6-10-7-12(18)2-5-14(10)24-8-11/h2,5-7,9,13H,3-4,8H2,1H3,(H2,19,20,21,23). The molecule has 132 valence electrons. The van der Waals surface area contributed by atoms with Crippen molar-refractivity contribution in [2.24, 2.45) is 0 Å². The van der Waals surface area contributed by atoms with E-state index >= 15 is 0 Å². The number of ether oxygens (including phenoxy) is 2. The second kappa shape index (κ2) is 7.14. The summed E-state index contributed by atoms with van der Waals surface area (Å²) < 4.78 is 10.6. The number of urea groups is 1. The topological polar surface area (TPSA) is 93.7 Å². The average Bonchev–Trinajstić information content (AvgIpc) is 3.37. The molecule has 8 heteroatoms. The molecule has 1 saturated carbocycles. The molecule has 1 aromatic rings. The number of rotatable bonds is 4. The summed E-state index contributed by atoms with van der Waals surface area (Å²) in [5.41, 5.74) is 0.920. The second-order valence-electron chi connectivity index (χ2n) is 5.92. The van der Waals surface area contributed by atoms with Gasteiger partial charge in [0, 0.05) is 16.6 Å². The minimum absolute atomic E-state index is 0.0317. The average molecular weight is 365 g/mol. The molecule has 0 aromatic heterocycles. The molecule has 1 heterocycles. The summed E-state index contributed by atoms with van der Waals surface area (Å²) in [6, 6.07) is 4.62. The molecular formula is C17H17ClN2O5. The van der Waals surface area contributed by atoms with Crippen molar-refractivity contribution in [3.8, 4) is 5.75 Å². The zero-order chi connectivity index (χ0) is 18.0. The minimum atomic E-state index is -1.11. The van der Waals surface area contributed by atoms with Crippen molar-refractivity contribution in [2.75, 3.05) is 6.61 Å². The lowest BCUT2D eigenvalue weighted by Gasteiger charge is -2.19. The fourth-order valence-electron chi connectivity index (χ4n) is 2.22. The Morgan fingerprint density at radius 3 is 2.80 bits per heavy atom. The van der Waals surface area contributed by atoms with Gasteiger partial charge in [0.2, 0.25) is 0 Å². The van der Waals surface area contributed by atoms with Gasteiger partial charge in [0.25, 0.3) is 5.91 Å². The maximum absolute atomic E-state index is 12.2. The first-order valence-electron chi connectivity index (χ1n) is 7.87. The number of nitrogens with one attached hydrogen (secondary N) is 2. The molecule has 1 aliphatic carbocycles. The zero-order valence-corrected chi connectivity index (χ0v) is 14.3. The van der Waals surface area contributed by atoms with Crippen molar-refractivity contribution >= 4 is 35.6 Å². The monoisotopic (exact) mass is 364 g/mol. The Morgan fingerprint density at radius 1 is 1.32 bits per heavy atom. The molecule has 1 aromatic carbocycles. The van der Waals surface area contributed by atoms with Crippen LogP contribution >= 0.6 is 11.6 Å². The van der Waals surface area contributed by atoms with Crippen LogP contribution < -0.4 is 15.4 Å². The van der Waals surface area contributed by atoms with Crippen LogP contribution in [0, 0.1) is 0 Å². The normalized spacial score (nSPS) is 16.6. The number of benzene rings is 1. The molecule has 25 heavy (non-hydrogen) atoms. The van der Waals surface area contributed by atoms with E-state index in [4.69, 9.17) is 21.1 Å². The van der Waals surface area contributed by atoms with Gasteiger partial charge < -0.3 is 14.8 Å². The minimum Gasteiger partial charge on any atom is -0.488 e. The van der Waals surface area contributed by atoms with Crippen LogP contribution in [0.3, 0.4) is 0 Å². The molecule has 3 rings (SSSR count). The quantitative estimate of drug-likeness (QED) is 0.797. The van der Waals surface area contributed by atoms with Gasteiger partial charge in [0.15, 0.2) is 6.10 Å². The van der Waals surface area contributed by atoms with Gasteiger partial charge in [0.1, 0.15) is 12.4 Å². The van der Waals surface area contributed by atoms with Crippen molar-refractivity contribution in [3.05, 3.63) is 34.4 Å². The van der Waals surface area contributed by atoms with E-state index in [0.29, 0.717) is 16.3 Å². The summed E-state index contributed by atoms with van der Waals surface area (Å²) >= 11 is 5.93. The third-order valence-corrected chi connectivity index (χ3v) is 3.98. The van der Waals surface area contributed by atoms with E-state index in [1.54, 1.807) is 24.3 Å². The van der Waals surface area contributed by atoms with Crippen molar-refractivity contribution in [1.29, 1.82) is 0 Å². The lowest BCUT2D eigenvalue weighted by atomic mass is 10.1. The van der Waals surface area contributed by atoms with E-state index < -0.39 is 24.0 Å². The van der Waals surface area contributed by atoms with Crippen LogP contribution in [0.4, 0.5) is 4.79 Å². The van der Waals surface area contributed by atoms with Gasteiger partial charge in [-0.05, 0) is 44.0 Å². The Balaban J connectivity index is 1.57. The first-order chi connectivity index (χ1) is 11.9. The predicted molar refractivity (Wildman–Crippen MR) is 90.2 cm³/mol. The van der Waals surface area contributed by atoms with Gasteiger partial charge in [0.05, 0.1) is 5.57 Å². The summed E-state index contributed by atoms with van der Waals surface area (Å²) in [5, 5.41) is 5.28. The van der Waals surface area contributed by atoms with Crippen molar-refractivity contribution < 1.29 is 23.9 Å². The van der Waals surface area contributed by atoms with Crippen LogP contribution in [-0.2, 0) is 14.3 Å². The Kier molecular flexibility index (Phi) is 4.94. The predicted octanol–water partition coefficient (Wildman–Crippen LogP) is 2.04. The highest BCUT2D eigenvalue weighted by Gasteiger charge is 2.27. The van der Waals surface area contributed by atoms with Gasteiger partial charge in [-0.15, -0.1) is 0 Å². The van der Waals surface area contributed by atoms with Crippen molar-refractivity contribution in [1.82, 2.24) is 10.6 Å². The van der Waals surface area contributed by atoms with E-state index in [1.807, 2.05) is 0 Å². The van der Waals surface area contributed by atoms with Crippen LogP contribution in [0.15, 0.2) is 23.8 Å². The first-order valence-corrected chi connectivity index (χ1v) is 8.25. The number of hydrogen-bond donors (Lipinski definition) is 2. The number of carbonyl (C=O) groups is 3. The van der Waals surface area contributed by atoms with Gasteiger partial charge in [-0.1, -0.05) is 11.6 Å². The van der Waals surface area contributed by atoms with Crippen LogP contribution in [0.1, 0.15) is 25.3 Å². The fraction of sp³-hybridized carbons (Fsp3) is 0.353. The number of esters is 1. The summed E-state index contributed by atoms with van der Waals surface area (Å²) in [6.45, 7) is 1.43. The molecule has 1 fully saturated rings. The number of carbonyl (C=O) groups excluding carboxylic acids is 3. The molecule has 0 saturated heterocycles. The summed E-state index contributed by atoms with van der Waals surface area (Å²) in [4.78, 5) is 35.6. The highest BCUT2D eigenvalue weighted by Crippen LogP contribution is 2.29. The number of fused-ring (bicyclic) bond motifs is 1. The van der Waals surface area contributed by atoms with Crippen LogP contribution in [0.5, 0.6) is 5.75 Å². The van der Waals surface area contributed by atoms with Crippen molar-refractivity contribution in [2.45, 2.75) is 31.9 Å². The van der Waals surface area contributed by atoms with Crippen LogP contribution in [0.25, 0.3) is 6.08 Å². The number of amides is 3. The molecule has 1 aliphatic heterocycles. The van der Waals surface area contributed by atoms with E-state index in [1.165, 1.54) is 6.92 Å². The highest BCUT2D eigenvalue weighted by atomic mass is 35.5. The van der Waals surface area contributed by atoms with Crippen LogP contribution in [0.2, 0.25) is 5.02 Å². The van der Waals surface area contributed by atoms with Gasteiger partial charge in [-0.25, -0.2) is 9.59 Å². The van der Waals surface area contributed by atoms with Crippen molar-refractivity contribution in [3.63, 3.8) is 0 Å². The van der Waals surface area contributed by atoms with E-state index in [2.05, 4.69) is 10.6 Å². The Bertz CT molecular complexity index is 757. The Labute approximate surface area is 149 Å². The highest BCUT2D eigenvalue weighted by molar-refractivity contribution is 6.30. The Morgan fingerprint density at radius 2 is 2.08 bits per heavy atom. The first kappa shape index (κ1) is 17.3. The van der Waals surface area contributed by atoms with Gasteiger partial charge in [-0.3, -0.25) is 10.1 Å². The molecule has 2 aliphatic rings. The van der Waals surface area contributed by atoms with Gasteiger partial charge >= 0.3 is 12.0 Å². The van der Waals surface area contributed by atoms with E-state index in [0.717, 1.165) is 12.8 Å². The third-order valence-electron chi connectivity index (χ3n) is 3.75. The summed E-state index contributed by atoms with van der Waals surface area (Å²) in [5.74, 6) is -0.758. The maximum atomic E-state index is 12.2. The summed E-state index contributed by atoms with van der Waals surface area (Å²) in [6.07, 6.45) is 2.31. The number of imide groups is 1. The molecule has 3 amide bonds. The maximum Gasteiger partial charge on any atom is 0.338 e. The molecule has 0 radical (unpaired) electrons. The molecule has 0 bridgehead atoms. The molecular weight excluding hydrogens is 348 g/mol. The van der Waals surface area contributed by atoms with E-state index in [-0.39, 0.29) is 18.2 Å².